The van der Waals surface area contributed by atoms with E-state index in [1.807, 2.05) is 24.4 Å². The van der Waals surface area contributed by atoms with Gasteiger partial charge in [0.2, 0.25) is 0 Å². The van der Waals surface area contributed by atoms with Crippen LogP contribution in [0.4, 0.5) is 0 Å². The lowest BCUT2D eigenvalue weighted by atomic mass is 9.85. The van der Waals surface area contributed by atoms with Crippen LogP contribution in [0.25, 0.3) is 0 Å². The highest BCUT2D eigenvalue weighted by Crippen LogP contribution is 2.36. The highest BCUT2D eigenvalue weighted by molar-refractivity contribution is 7.98. The van der Waals surface area contributed by atoms with E-state index in [1.165, 1.54) is 19.3 Å². The topological polar surface area (TPSA) is 43.6 Å². The molecule has 1 fully saturated rings. The normalized spacial score (nSPS) is 15.6. The summed E-state index contributed by atoms with van der Waals surface area (Å²) < 4.78 is 2.14. The van der Waals surface area contributed by atoms with Gasteiger partial charge in [0, 0.05) is 24.9 Å². The van der Waals surface area contributed by atoms with Gasteiger partial charge in [0.1, 0.15) is 5.82 Å². The maximum Gasteiger partial charge on any atom is 0.191 e. The average molecular weight is 260 g/mol. The van der Waals surface area contributed by atoms with Crippen molar-refractivity contribution < 1.29 is 0 Å². The molecule has 1 aliphatic carbocycles. The summed E-state index contributed by atoms with van der Waals surface area (Å²) >= 11 is 1.70. The summed E-state index contributed by atoms with van der Waals surface area (Å²) in [5, 5.41) is 9.59. The molecule has 5 heteroatoms. The van der Waals surface area contributed by atoms with Gasteiger partial charge in [0.25, 0.3) is 0 Å². The third-order valence-corrected chi connectivity index (χ3v) is 4.47. The average Bonchev–Trinajstić information content (AvgIpc) is 2.68. The summed E-state index contributed by atoms with van der Waals surface area (Å²) in [6.07, 6.45) is 5.67. The standard InChI is InChI=1S/C13H16N4S/c1-17-12(10-5-4-6-10)15-16-13(17)18-9-11-7-2-3-8-14-11/h2-3,7-8,10H,4-6,9H2,1H3. The molecule has 0 amide bonds. The van der Waals surface area contributed by atoms with E-state index in [2.05, 4.69) is 26.8 Å². The third-order valence-electron chi connectivity index (χ3n) is 3.41. The van der Waals surface area contributed by atoms with Gasteiger partial charge < -0.3 is 4.57 Å². The third kappa shape index (κ3) is 2.27. The first-order valence-corrected chi connectivity index (χ1v) is 7.25. The molecule has 2 aromatic heterocycles. The molecule has 0 aliphatic heterocycles. The number of nitrogens with zero attached hydrogens (tertiary/aromatic N) is 4. The number of hydrogen-bond donors (Lipinski definition) is 0. The van der Waals surface area contributed by atoms with E-state index in [1.54, 1.807) is 11.8 Å². The zero-order valence-electron chi connectivity index (χ0n) is 10.4. The summed E-state index contributed by atoms with van der Waals surface area (Å²) in [4.78, 5) is 4.31. The predicted molar refractivity (Wildman–Crippen MR) is 71.4 cm³/mol. The van der Waals surface area contributed by atoms with E-state index in [0.717, 1.165) is 22.4 Å². The van der Waals surface area contributed by atoms with Crippen LogP contribution in [0.2, 0.25) is 0 Å². The van der Waals surface area contributed by atoms with E-state index < -0.39 is 0 Å². The Balaban J connectivity index is 1.68. The summed E-state index contributed by atoms with van der Waals surface area (Å²) in [7, 11) is 2.06. The first kappa shape index (κ1) is 11.7. The molecule has 0 spiro atoms. The zero-order valence-corrected chi connectivity index (χ0v) is 11.2. The van der Waals surface area contributed by atoms with Gasteiger partial charge in [-0.05, 0) is 25.0 Å². The first-order chi connectivity index (χ1) is 8.84. The van der Waals surface area contributed by atoms with Crippen molar-refractivity contribution in [2.45, 2.75) is 36.1 Å². The van der Waals surface area contributed by atoms with Gasteiger partial charge in [0.05, 0.1) is 5.69 Å². The highest BCUT2D eigenvalue weighted by Gasteiger charge is 2.25. The number of aromatic nitrogens is 4. The summed E-state index contributed by atoms with van der Waals surface area (Å²) in [6.45, 7) is 0. The van der Waals surface area contributed by atoms with Crippen LogP contribution in [-0.4, -0.2) is 19.7 Å². The Bertz CT molecular complexity index is 519. The minimum atomic E-state index is 0.631. The van der Waals surface area contributed by atoms with Gasteiger partial charge in [-0.1, -0.05) is 24.2 Å². The van der Waals surface area contributed by atoms with Crippen molar-refractivity contribution in [1.82, 2.24) is 19.7 Å². The molecule has 0 aromatic carbocycles. The van der Waals surface area contributed by atoms with Gasteiger partial charge in [-0.25, -0.2) is 0 Å². The molecule has 1 saturated carbocycles. The second-order valence-corrected chi connectivity index (χ2v) is 5.58. The SMILES string of the molecule is Cn1c(SCc2ccccn2)nnc1C1CCC1. The molecule has 2 aromatic rings. The minimum absolute atomic E-state index is 0.631. The molecule has 0 atom stereocenters. The van der Waals surface area contributed by atoms with Crippen LogP contribution in [-0.2, 0) is 12.8 Å². The molecule has 0 bridgehead atoms. The Kier molecular flexibility index (Phi) is 3.32. The van der Waals surface area contributed by atoms with Gasteiger partial charge in [-0.15, -0.1) is 10.2 Å². The van der Waals surface area contributed by atoms with Crippen molar-refractivity contribution in [3.05, 3.63) is 35.9 Å². The zero-order chi connectivity index (χ0) is 12.4. The van der Waals surface area contributed by atoms with Crippen LogP contribution < -0.4 is 0 Å². The van der Waals surface area contributed by atoms with Crippen molar-refractivity contribution in [2.24, 2.45) is 7.05 Å². The Morgan fingerprint density at radius 1 is 1.33 bits per heavy atom. The monoisotopic (exact) mass is 260 g/mol. The van der Waals surface area contributed by atoms with Crippen LogP contribution in [0.5, 0.6) is 0 Å². The van der Waals surface area contributed by atoms with Crippen molar-refractivity contribution in [1.29, 1.82) is 0 Å². The Morgan fingerprint density at radius 2 is 2.22 bits per heavy atom. The number of rotatable bonds is 4. The van der Waals surface area contributed by atoms with Crippen LogP contribution in [0.1, 0.15) is 36.7 Å². The number of thioether (sulfide) groups is 1. The van der Waals surface area contributed by atoms with Crippen molar-refractivity contribution >= 4 is 11.8 Å². The fraction of sp³-hybridized carbons (Fsp3) is 0.462. The van der Waals surface area contributed by atoms with E-state index in [4.69, 9.17) is 0 Å². The lowest BCUT2D eigenvalue weighted by Gasteiger charge is -2.23. The smallest absolute Gasteiger partial charge is 0.191 e. The summed E-state index contributed by atoms with van der Waals surface area (Å²) in [6, 6.07) is 5.99. The van der Waals surface area contributed by atoms with Crippen LogP contribution in [0, 0.1) is 0 Å². The predicted octanol–water partition coefficient (Wildman–Crippen LogP) is 2.77. The molecule has 18 heavy (non-hydrogen) atoms. The largest absolute Gasteiger partial charge is 0.309 e. The Morgan fingerprint density at radius 3 is 2.89 bits per heavy atom. The van der Waals surface area contributed by atoms with Gasteiger partial charge in [-0.3, -0.25) is 4.98 Å². The molecular weight excluding hydrogens is 244 g/mol. The first-order valence-electron chi connectivity index (χ1n) is 6.26. The lowest BCUT2D eigenvalue weighted by molar-refractivity contribution is 0.390. The van der Waals surface area contributed by atoms with Gasteiger partial charge >= 0.3 is 0 Å². The van der Waals surface area contributed by atoms with E-state index in [0.29, 0.717) is 5.92 Å². The maximum absolute atomic E-state index is 4.32. The fourth-order valence-electron chi connectivity index (χ4n) is 2.10. The molecule has 0 N–H and O–H groups in total. The number of pyridine rings is 1. The van der Waals surface area contributed by atoms with Crippen LogP contribution in [0.15, 0.2) is 29.6 Å². The Labute approximate surface area is 111 Å². The fourth-order valence-corrected chi connectivity index (χ4v) is 2.93. The van der Waals surface area contributed by atoms with E-state index in [-0.39, 0.29) is 0 Å². The van der Waals surface area contributed by atoms with E-state index in [9.17, 15) is 0 Å². The lowest BCUT2D eigenvalue weighted by Crippen LogP contribution is -2.14. The van der Waals surface area contributed by atoms with E-state index >= 15 is 0 Å². The number of hydrogen-bond acceptors (Lipinski definition) is 4. The van der Waals surface area contributed by atoms with Gasteiger partial charge in [-0.2, -0.15) is 0 Å². The molecule has 3 rings (SSSR count). The summed E-state index contributed by atoms with van der Waals surface area (Å²) in [5.41, 5.74) is 1.08. The van der Waals surface area contributed by atoms with Gasteiger partial charge in [0.15, 0.2) is 5.16 Å². The minimum Gasteiger partial charge on any atom is -0.309 e. The molecule has 0 unspecified atom stereocenters. The molecule has 0 saturated heterocycles. The molecule has 1 aliphatic rings. The van der Waals surface area contributed by atoms with Crippen molar-refractivity contribution in [2.75, 3.05) is 0 Å². The second kappa shape index (κ2) is 5.10. The van der Waals surface area contributed by atoms with Crippen molar-refractivity contribution in [3.8, 4) is 0 Å². The second-order valence-electron chi connectivity index (χ2n) is 4.64. The molecule has 4 nitrogen and oxygen atoms in total. The molecule has 94 valence electrons. The quantitative estimate of drug-likeness (QED) is 0.793. The molecule has 2 heterocycles. The maximum atomic E-state index is 4.32. The molecule has 0 radical (unpaired) electrons. The van der Waals surface area contributed by atoms with Crippen molar-refractivity contribution in [3.63, 3.8) is 0 Å². The molecular formula is C13H16N4S. The van der Waals surface area contributed by atoms with Crippen LogP contribution >= 0.6 is 11.8 Å². The summed E-state index contributed by atoms with van der Waals surface area (Å²) in [5.74, 6) is 2.62. The Hall–Kier alpha value is -1.36. The van der Waals surface area contributed by atoms with Crippen LogP contribution in [0.3, 0.4) is 0 Å². The highest BCUT2D eigenvalue weighted by atomic mass is 32.2.